The molecule has 0 radical (unpaired) electrons. The van der Waals surface area contributed by atoms with Crippen LogP contribution in [-0.4, -0.2) is 17.1 Å². The van der Waals surface area contributed by atoms with Crippen molar-refractivity contribution >= 4 is 11.4 Å². The molecule has 2 rings (SSSR count). The Morgan fingerprint density at radius 2 is 2.10 bits per heavy atom. The summed E-state index contributed by atoms with van der Waals surface area (Å²) in [5.41, 5.74) is 0.687. The van der Waals surface area contributed by atoms with Gasteiger partial charge in [0, 0.05) is 18.3 Å². The molecule has 0 bridgehead atoms. The van der Waals surface area contributed by atoms with Crippen molar-refractivity contribution in [3.05, 3.63) is 57.9 Å². The van der Waals surface area contributed by atoms with Gasteiger partial charge in [-0.05, 0) is 23.8 Å². The van der Waals surface area contributed by atoms with Crippen LogP contribution in [0.25, 0.3) is 0 Å². The Morgan fingerprint density at radius 3 is 2.71 bits per heavy atom. The third-order valence-electron chi connectivity index (χ3n) is 2.83. The number of phenols is 1. The van der Waals surface area contributed by atoms with Gasteiger partial charge >= 0.3 is 0 Å². The number of phenolic OH excluding ortho intramolecular Hbond substituents is 1. The van der Waals surface area contributed by atoms with Crippen molar-refractivity contribution in [2.45, 2.75) is 6.54 Å². The lowest BCUT2D eigenvalue weighted by atomic mass is 10.2. The predicted molar refractivity (Wildman–Crippen MR) is 75.0 cm³/mol. The molecule has 0 aliphatic rings. The topological polar surface area (TPSA) is 84.6 Å². The Balaban J connectivity index is 2.12. The molecule has 0 aromatic heterocycles. The molecule has 0 spiro atoms. The molecule has 0 saturated carbocycles. The highest BCUT2D eigenvalue weighted by atomic mass is 19.1. The number of ether oxygens (including phenoxy) is 1. The van der Waals surface area contributed by atoms with E-state index in [0.717, 1.165) is 17.7 Å². The number of anilines is 1. The second-order valence-corrected chi connectivity index (χ2v) is 4.31. The molecule has 0 amide bonds. The zero-order valence-electron chi connectivity index (χ0n) is 11.2. The first-order chi connectivity index (χ1) is 9.99. The molecule has 2 N–H and O–H groups in total. The zero-order chi connectivity index (χ0) is 15.4. The Morgan fingerprint density at radius 1 is 1.33 bits per heavy atom. The summed E-state index contributed by atoms with van der Waals surface area (Å²) in [6.45, 7) is 0.276. The minimum atomic E-state index is -0.690. The summed E-state index contributed by atoms with van der Waals surface area (Å²) in [6.07, 6.45) is 0. The smallest absolute Gasteiger partial charge is 0.274 e. The van der Waals surface area contributed by atoms with Crippen LogP contribution >= 0.6 is 0 Å². The van der Waals surface area contributed by atoms with Crippen LogP contribution in [0.2, 0.25) is 0 Å². The van der Waals surface area contributed by atoms with E-state index in [1.807, 2.05) is 0 Å². The van der Waals surface area contributed by atoms with E-state index in [1.54, 1.807) is 12.1 Å². The molecule has 21 heavy (non-hydrogen) atoms. The summed E-state index contributed by atoms with van der Waals surface area (Å²) >= 11 is 0. The van der Waals surface area contributed by atoms with Gasteiger partial charge in [0.1, 0.15) is 5.82 Å². The molecular formula is C14H13FN2O4. The molecule has 0 aliphatic heterocycles. The highest BCUT2D eigenvalue weighted by molar-refractivity contribution is 5.52. The lowest BCUT2D eigenvalue weighted by Gasteiger charge is -2.09. The third kappa shape index (κ3) is 3.59. The third-order valence-corrected chi connectivity index (χ3v) is 2.83. The van der Waals surface area contributed by atoms with E-state index < -0.39 is 10.7 Å². The highest BCUT2D eigenvalue weighted by Gasteiger charge is 2.10. The molecule has 0 heterocycles. The second kappa shape index (κ2) is 6.08. The fraction of sp³-hybridized carbons (Fsp3) is 0.143. The first kappa shape index (κ1) is 14.6. The van der Waals surface area contributed by atoms with Gasteiger partial charge in [-0.3, -0.25) is 10.1 Å². The van der Waals surface area contributed by atoms with Gasteiger partial charge in [0.05, 0.1) is 18.1 Å². The minimum absolute atomic E-state index is 0.0120. The summed E-state index contributed by atoms with van der Waals surface area (Å²) in [4.78, 5) is 10.00. The van der Waals surface area contributed by atoms with Gasteiger partial charge in [-0.1, -0.05) is 6.07 Å². The van der Waals surface area contributed by atoms with Gasteiger partial charge < -0.3 is 15.2 Å². The maximum absolute atomic E-state index is 13.3. The molecule has 0 saturated heterocycles. The standard InChI is InChI=1S/C14H13FN2O4/c1-21-14-3-2-9(4-13(14)18)8-16-11-5-10(15)6-12(7-11)17(19)20/h2-7,16,18H,8H2,1H3. The molecule has 2 aromatic carbocycles. The average molecular weight is 292 g/mol. The molecule has 2 aromatic rings. The molecule has 7 heteroatoms. The lowest BCUT2D eigenvalue weighted by molar-refractivity contribution is -0.385. The maximum Gasteiger partial charge on any atom is 0.274 e. The van der Waals surface area contributed by atoms with Crippen molar-refractivity contribution in [2.24, 2.45) is 0 Å². The van der Waals surface area contributed by atoms with Gasteiger partial charge in [-0.25, -0.2) is 4.39 Å². The molecule has 0 unspecified atom stereocenters. The quantitative estimate of drug-likeness (QED) is 0.653. The van der Waals surface area contributed by atoms with Crippen LogP contribution < -0.4 is 10.1 Å². The number of nitro benzene ring substituents is 1. The molecule has 0 fully saturated rings. The Labute approximate surface area is 119 Å². The number of rotatable bonds is 5. The average Bonchev–Trinajstić information content (AvgIpc) is 2.44. The molecular weight excluding hydrogens is 279 g/mol. The van der Waals surface area contributed by atoms with E-state index >= 15 is 0 Å². The highest BCUT2D eigenvalue weighted by Crippen LogP contribution is 2.27. The van der Waals surface area contributed by atoms with Gasteiger partial charge in [0.15, 0.2) is 11.5 Å². The fourth-order valence-electron chi connectivity index (χ4n) is 1.83. The van der Waals surface area contributed by atoms with Crippen molar-refractivity contribution in [3.8, 4) is 11.5 Å². The number of nitrogens with one attached hydrogen (secondary N) is 1. The number of halogens is 1. The van der Waals surface area contributed by atoms with Crippen molar-refractivity contribution < 1.29 is 19.2 Å². The van der Waals surface area contributed by atoms with Gasteiger partial charge in [-0.15, -0.1) is 0 Å². The summed E-state index contributed by atoms with van der Waals surface area (Å²) in [5.74, 6) is -0.355. The molecule has 6 nitrogen and oxygen atoms in total. The summed E-state index contributed by atoms with van der Waals surface area (Å²) in [7, 11) is 1.44. The summed E-state index contributed by atoms with van der Waals surface area (Å²) < 4.78 is 18.2. The number of aromatic hydroxyl groups is 1. The largest absolute Gasteiger partial charge is 0.504 e. The van der Waals surface area contributed by atoms with E-state index in [1.165, 1.54) is 19.2 Å². The monoisotopic (exact) mass is 292 g/mol. The number of benzene rings is 2. The number of nitro groups is 1. The van der Waals surface area contributed by atoms with E-state index in [2.05, 4.69) is 5.32 Å². The number of non-ortho nitro benzene ring substituents is 1. The van der Waals surface area contributed by atoms with Crippen LogP contribution in [0, 0.1) is 15.9 Å². The van der Waals surface area contributed by atoms with Crippen LogP contribution in [0.4, 0.5) is 15.8 Å². The van der Waals surface area contributed by atoms with Crippen LogP contribution in [0.15, 0.2) is 36.4 Å². The Hall–Kier alpha value is -2.83. The van der Waals surface area contributed by atoms with Crippen LogP contribution in [-0.2, 0) is 6.54 Å². The summed E-state index contributed by atoms with van der Waals surface area (Å²) in [6, 6.07) is 8.08. The van der Waals surface area contributed by atoms with Crippen molar-refractivity contribution in [1.29, 1.82) is 0 Å². The molecule has 0 atom stereocenters. The number of methoxy groups -OCH3 is 1. The zero-order valence-corrected chi connectivity index (χ0v) is 11.2. The van der Waals surface area contributed by atoms with Gasteiger partial charge in [0.25, 0.3) is 5.69 Å². The van der Waals surface area contributed by atoms with E-state index in [-0.39, 0.29) is 23.7 Å². The van der Waals surface area contributed by atoms with E-state index in [0.29, 0.717) is 5.75 Å². The maximum atomic E-state index is 13.3. The minimum Gasteiger partial charge on any atom is -0.504 e. The Kier molecular flexibility index (Phi) is 4.22. The van der Waals surface area contributed by atoms with Gasteiger partial charge in [-0.2, -0.15) is 0 Å². The lowest BCUT2D eigenvalue weighted by Crippen LogP contribution is -2.01. The normalized spacial score (nSPS) is 10.2. The van der Waals surface area contributed by atoms with E-state index in [4.69, 9.17) is 4.74 Å². The second-order valence-electron chi connectivity index (χ2n) is 4.31. The number of hydrogen-bond donors (Lipinski definition) is 2. The van der Waals surface area contributed by atoms with Crippen LogP contribution in [0.5, 0.6) is 11.5 Å². The van der Waals surface area contributed by atoms with E-state index in [9.17, 15) is 19.6 Å². The van der Waals surface area contributed by atoms with Crippen molar-refractivity contribution in [1.82, 2.24) is 0 Å². The van der Waals surface area contributed by atoms with Crippen molar-refractivity contribution in [2.75, 3.05) is 12.4 Å². The van der Waals surface area contributed by atoms with Crippen LogP contribution in [0.3, 0.4) is 0 Å². The first-order valence-corrected chi connectivity index (χ1v) is 6.04. The Bertz CT molecular complexity index is 676. The molecule has 0 aliphatic carbocycles. The number of nitrogens with zero attached hydrogens (tertiary/aromatic N) is 1. The first-order valence-electron chi connectivity index (χ1n) is 6.04. The SMILES string of the molecule is COc1ccc(CNc2cc(F)cc([N+](=O)[O-])c2)cc1O. The summed E-state index contributed by atoms with van der Waals surface area (Å²) in [5, 5.41) is 23.2. The fourth-order valence-corrected chi connectivity index (χ4v) is 1.83. The van der Waals surface area contributed by atoms with Crippen molar-refractivity contribution in [3.63, 3.8) is 0 Å². The predicted octanol–water partition coefficient (Wildman–Crippen LogP) is 3.06. The molecule has 110 valence electrons. The number of hydrogen-bond acceptors (Lipinski definition) is 5. The van der Waals surface area contributed by atoms with Gasteiger partial charge in [0.2, 0.25) is 0 Å². The van der Waals surface area contributed by atoms with Crippen LogP contribution in [0.1, 0.15) is 5.56 Å².